The van der Waals surface area contributed by atoms with Crippen molar-refractivity contribution < 1.29 is 9.90 Å². The van der Waals surface area contributed by atoms with E-state index >= 15 is 0 Å². The van der Waals surface area contributed by atoms with Gasteiger partial charge in [0, 0.05) is 13.6 Å². The number of hydrogen-bond donors (Lipinski definition) is 2. The van der Waals surface area contributed by atoms with Crippen molar-refractivity contribution in [1.29, 1.82) is 0 Å². The fourth-order valence-corrected chi connectivity index (χ4v) is 1.96. The van der Waals surface area contributed by atoms with Crippen LogP contribution in [0.5, 0.6) is 0 Å². The van der Waals surface area contributed by atoms with Crippen molar-refractivity contribution in [3.8, 4) is 0 Å². The summed E-state index contributed by atoms with van der Waals surface area (Å²) in [7, 11) is 1.64. The third-order valence-corrected chi connectivity index (χ3v) is 2.88. The van der Waals surface area contributed by atoms with Crippen molar-refractivity contribution in [1.82, 2.24) is 10.2 Å². The number of aliphatic hydroxyl groups is 1. The highest BCUT2D eigenvalue weighted by Gasteiger charge is 2.32. The molecular weight excluding hydrogens is 180 g/mol. The number of amides is 1. The van der Waals surface area contributed by atoms with Gasteiger partial charge in [0.25, 0.3) is 0 Å². The molecule has 0 bridgehead atoms. The summed E-state index contributed by atoms with van der Waals surface area (Å²) < 4.78 is 0. The smallest absolute Gasteiger partial charge is 0.236 e. The van der Waals surface area contributed by atoms with Crippen LogP contribution in [0.4, 0.5) is 0 Å². The van der Waals surface area contributed by atoms with E-state index < -0.39 is 5.60 Å². The molecule has 1 aliphatic rings. The van der Waals surface area contributed by atoms with Crippen LogP contribution in [-0.4, -0.2) is 47.7 Å². The molecule has 0 aliphatic carbocycles. The predicted octanol–water partition coefficient (Wildman–Crippen LogP) is -0.0323. The molecule has 0 spiro atoms. The van der Waals surface area contributed by atoms with Gasteiger partial charge in [-0.3, -0.25) is 9.69 Å². The quantitative estimate of drug-likeness (QED) is 0.658. The average molecular weight is 200 g/mol. The van der Waals surface area contributed by atoms with Crippen molar-refractivity contribution in [3.05, 3.63) is 0 Å². The molecule has 1 saturated heterocycles. The zero-order valence-electron chi connectivity index (χ0n) is 9.21. The summed E-state index contributed by atoms with van der Waals surface area (Å²) in [5, 5.41) is 12.5. The summed E-state index contributed by atoms with van der Waals surface area (Å²) in [6, 6.07) is -0.147. The highest BCUT2D eigenvalue weighted by molar-refractivity contribution is 5.80. The largest absolute Gasteiger partial charge is 0.389 e. The lowest BCUT2D eigenvalue weighted by molar-refractivity contribution is -0.127. The number of carbonyl (C=O) groups excluding carboxylic acids is 1. The van der Waals surface area contributed by atoms with E-state index in [1.54, 1.807) is 7.05 Å². The molecule has 2 N–H and O–H groups in total. The topological polar surface area (TPSA) is 52.6 Å². The first-order valence-corrected chi connectivity index (χ1v) is 5.14. The maximum atomic E-state index is 11.4. The summed E-state index contributed by atoms with van der Waals surface area (Å²) in [5.41, 5.74) is -0.638. The maximum absolute atomic E-state index is 11.4. The first-order chi connectivity index (χ1) is 6.46. The van der Waals surface area contributed by atoms with E-state index in [4.69, 9.17) is 0 Å². The molecule has 1 fully saturated rings. The van der Waals surface area contributed by atoms with Crippen molar-refractivity contribution in [2.75, 3.05) is 20.1 Å². The molecule has 1 heterocycles. The molecule has 0 aromatic carbocycles. The zero-order valence-corrected chi connectivity index (χ0v) is 9.21. The number of nitrogens with one attached hydrogen (secondary N) is 1. The van der Waals surface area contributed by atoms with E-state index in [1.807, 2.05) is 18.7 Å². The number of rotatable bonds is 2. The highest BCUT2D eigenvalue weighted by Crippen LogP contribution is 2.21. The van der Waals surface area contributed by atoms with Crippen molar-refractivity contribution in [3.63, 3.8) is 0 Å². The molecule has 4 nitrogen and oxygen atoms in total. The molecule has 1 rings (SSSR count). The van der Waals surface area contributed by atoms with Gasteiger partial charge in [-0.05, 0) is 33.2 Å². The lowest BCUT2D eigenvalue weighted by atomic mass is 9.94. The fraction of sp³-hybridized carbons (Fsp3) is 0.900. The van der Waals surface area contributed by atoms with Crippen LogP contribution in [0.3, 0.4) is 0 Å². The minimum absolute atomic E-state index is 0.0164. The second-order valence-electron chi connectivity index (χ2n) is 4.36. The van der Waals surface area contributed by atoms with Crippen LogP contribution >= 0.6 is 0 Å². The van der Waals surface area contributed by atoms with Gasteiger partial charge in [-0.15, -0.1) is 0 Å². The molecule has 0 aromatic rings. The van der Waals surface area contributed by atoms with Crippen LogP contribution in [0.1, 0.15) is 26.7 Å². The third kappa shape index (κ3) is 2.69. The minimum Gasteiger partial charge on any atom is -0.389 e. The van der Waals surface area contributed by atoms with E-state index in [0.29, 0.717) is 6.54 Å². The first kappa shape index (κ1) is 11.5. The number of carbonyl (C=O) groups is 1. The SMILES string of the molecule is CNC(=O)C(C)N1CCCC(C)(O)C1. The Bertz CT molecular complexity index is 216. The van der Waals surface area contributed by atoms with E-state index in [9.17, 15) is 9.90 Å². The van der Waals surface area contributed by atoms with Gasteiger partial charge in [-0.2, -0.15) is 0 Å². The van der Waals surface area contributed by atoms with Crippen molar-refractivity contribution >= 4 is 5.91 Å². The van der Waals surface area contributed by atoms with Crippen LogP contribution in [0, 0.1) is 0 Å². The molecule has 2 unspecified atom stereocenters. The van der Waals surface area contributed by atoms with Gasteiger partial charge < -0.3 is 10.4 Å². The second-order valence-corrected chi connectivity index (χ2v) is 4.36. The summed E-state index contributed by atoms with van der Waals surface area (Å²) in [6.45, 7) is 5.18. The van der Waals surface area contributed by atoms with Gasteiger partial charge >= 0.3 is 0 Å². The van der Waals surface area contributed by atoms with Gasteiger partial charge in [0.15, 0.2) is 0 Å². The molecule has 0 aromatic heterocycles. The molecular formula is C10H20N2O2. The van der Waals surface area contributed by atoms with Gasteiger partial charge in [0.2, 0.25) is 5.91 Å². The van der Waals surface area contributed by atoms with Crippen LogP contribution < -0.4 is 5.32 Å². The Kier molecular flexibility index (Phi) is 3.50. The molecule has 0 radical (unpaired) electrons. The Morgan fingerprint density at radius 2 is 2.29 bits per heavy atom. The average Bonchev–Trinajstić information content (AvgIpc) is 2.14. The molecule has 0 saturated carbocycles. The summed E-state index contributed by atoms with van der Waals surface area (Å²) in [4.78, 5) is 13.4. The summed E-state index contributed by atoms with van der Waals surface area (Å²) >= 11 is 0. The summed E-state index contributed by atoms with van der Waals surface area (Å²) in [6.07, 6.45) is 1.78. The molecule has 1 amide bonds. The third-order valence-electron chi connectivity index (χ3n) is 2.88. The number of likely N-dealkylation sites (tertiary alicyclic amines) is 1. The second kappa shape index (κ2) is 4.28. The van der Waals surface area contributed by atoms with Gasteiger partial charge in [-0.25, -0.2) is 0 Å². The fourth-order valence-electron chi connectivity index (χ4n) is 1.96. The van der Waals surface area contributed by atoms with Crippen LogP contribution in [-0.2, 0) is 4.79 Å². The number of nitrogens with zero attached hydrogens (tertiary/aromatic N) is 1. The van der Waals surface area contributed by atoms with E-state index in [-0.39, 0.29) is 11.9 Å². The Balaban J connectivity index is 2.56. The lowest BCUT2D eigenvalue weighted by Crippen LogP contribution is -2.53. The van der Waals surface area contributed by atoms with E-state index in [1.165, 1.54) is 0 Å². The van der Waals surface area contributed by atoms with Gasteiger partial charge in [-0.1, -0.05) is 0 Å². The minimum atomic E-state index is -0.638. The zero-order chi connectivity index (χ0) is 10.8. The van der Waals surface area contributed by atoms with Crippen molar-refractivity contribution in [2.45, 2.75) is 38.3 Å². The van der Waals surface area contributed by atoms with Crippen LogP contribution in [0.25, 0.3) is 0 Å². The van der Waals surface area contributed by atoms with E-state index in [2.05, 4.69) is 5.32 Å². The molecule has 1 aliphatic heterocycles. The number of piperidine rings is 1. The van der Waals surface area contributed by atoms with Crippen molar-refractivity contribution in [2.24, 2.45) is 0 Å². The lowest BCUT2D eigenvalue weighted by Gasteiger charge is -2.39. The normalized spacial score (nSPS) is 31.1. The van der Waals surface area contributed by atoms with E-state index in [0.717, 1.165) is 19.4 Å². The highest BCUT2D eigenvalue weighted by atomic mass is 16.3. The number of likely N-dealkylation sites (N-methyl/N-ethyl adjacent to an activating group) is 1. The monoisotopic (exact) mass is 200 g/mol. The maximum Gasteiger partial charge on any atom is 0.236 e. The van der Waals surface area contributed by atoms with Gasteiger partial charge in [0.1, 0.15) is 0 Å². The van der Waals surface area contributed by atoms with Gasteiger partial charge in [0.05, 0.1) is 11.6 Å². The number of β-amino-alcohol motifs (C(OH)–C–C–N with tert-alkyl or cyclic N) is 1. The molecule has 14 heavy (non-hydrogen) atoms. The Morgan fingerprint density at radius 3 is 2.79 bits per heavy atom. The molecule has 4 heteroatoms. The Hall–Kier alpha value is -0.610. The molecule has 82 valence electrons. The summed E-state index contributed by atoms with van der Waals surface area (Å²) in [5.74, 6) is 0.0164. The Morgan fingerprint density at radius 1 is 1.64 bits per heavy atom. The first-order valence-electron chi connectivity index (χ1n) is 5.14. The standard InChI is InChI=1S/C10H20N2O2/c1-8(9(13)11-3)12-6-4-5-10(2,14)7-12/h8,14H,4-7H2,1-3H3,(H,11,13). The number of hydrogen-bond acceptors (Lipinski definition) is 3. The Labute approximate surface area is 85.3 Å². The van der Waals surface area contributed by atoms with Crippen LogP contribution in [0.2, 0.25) is 0 Å². The van der Waals surface area contributed by atoms with Crippen LogP contribution in [0.15, 0.2) is 0 Å². The molecule has 2 atom stereocenters. The predicted molar refractivity (Wildman–Crippen MR) is 55.0 cm³/mol.